The minimum atomic E-state index is -4.81. The smallest absolute Gasteiger partial charge is 0.336 e. The van der Waals surface area contributed by atoms with E-state index >= 15 is 0 Å². The van der Waals surface area contributed by atoms with Gasteiger partial charge in [-0.15, -0.1) is 0 Å². The molecular weight excluding hydrogens is 403 g/mol. The standard InChI is InChI=1S/C19H18F3N5O3/c1-9(2)24-17(29)25-8-12-6-14(25)15-16(28)27(18(30)26(12)15)11-4-3-10(7-23)13(5-11)19(20,21)22/h3-5,9,12,14-15H,6,8H2,1-2H3,(H,24,29)/t12-,14-,15?/m0/s1. The molecule has 1 N–H and O–H groups in total. The number of benzene rings is 1. The number of likely N-dealkylation sites (tertiary alicyclic amines) is 1. The molecule has 0 aliphatic carbocycles. The molecule has 3 heterocycles. The number of imide groups is 1. The molecule has 3 aliphatic rings. The molecule has 30 heavy (non-hydrogen) atoms. The summed E-state index contributed by atoms with van der Waals surface area (Å²) in [5, 5.41) is 11.7. The maximum absolute atomic E-state index is 13.3. The molecule has 3 aliphatic heterocycles. The minimum Gasteiger partial charge on any atom is -0.336 e. The van der Waals surface area contributed by atoms with Crippen LogP contribution < -0.4 is 10.2 Å². The van der Waals surface area contributed by atoms with Crippen molar-refractivity contribution in [1.29, 1.82) is 5.26 Å². The van der Waals surface area contributed by atoms with E-state index in [1.807, 2.05) is 0 Å². The van der Waals surface area contributed by atoms with Crippen molar-refractivity contribution in [3.63, 3.8) is 0 Å². The number of carbonyl (C=O) groups excluding carboxylic acids is 3. The number of amides is 5. The van der Waals surface area contributed by atoms with Crippen molar-refractivity contribution in [3.8, 4) is 6.07 Å². The van der Waals surface area contributed by atoms with Gasteiger partial charge in [0.1, 0.15) is 6.04 Å². The lowest BCUT2D eigenvalue weighted by Crippen LogP contribution is -2.57. The fourth-order valence-electron chi connectivity index (χ4n) is 4.46. The third-order valence-electron chi connectivity index (χ3n) is 5.62. The first-order chi connectivity index (χ1) is 14.0. The Bertz CT molecular complexity index is 987. The largest absolute Gasteiger partial charge is 0.417 e. The Hall–Kier alpha value is -3.29. The van der Waals surface area contributed by atoms with Gasteiger partial charge in [0.2, 0.25) is 0 Å². The molecule has 1 aromatic rings. The van der Waals surface area contributed by atoms with Crippen LogP contribution in [0.1, 0.15) is 31.4 Å². The number of nitrogens with zero attached hydrogens (tertiary/aromatic N) is 4. The summed E-state index contributed by atoms with van der Waals surface area (Å²) in [6.07, 6.45) is -4.36. The van der Waals surface area contributed by atoms with E-state index in [9.17, 15) is 27.6 Å². The van der Waals surface area contributed by atoms with Crippen molar-refractivity contribution in [2.24, 2.45) is 0 Å². The lowest BCUT2D eigenvalue weighted by Gasteiger charge is -2.35. The zero-order valence-corrected chi connectivity index (χ0v) is 16.1. The molecule has 1 unspecified atom stereocenters. The van der Waals surface area contributed by atoms with Crippen molar-refractivity contribution in [3.05, 3.63) is 29.3 Å². The summed E-state index contributed by atoms with van der Waals surface area (Å²) >= 11 is 0. The topological polar surface area (TPSA) is 96.7 Å². The van der Waals surface area contributed by atoms with E-state index in [-0.39, 0.29) is 30.3 Å². The Kier molecular flexibility index (Phi) is 4.41. The highest BCUT2D eigenvalue weighted by Gasteiger charge is 2.63. The van der Waals surface area contributed by atoms with Gasteiger partial charge in [-0.2, -0.15) is 18.4 Å². The highest BCUT2D eigenvalue weighted by Crippen LogP contribution is 2.43. The number of rotatable bonds is 2. The quantitative estimate of drug-likeness (QED) is 0.741. The van der Waals surface area contributed by atoms with Crippen LogP contribution in [0.2, 0.25) is 0 Å². The predicted molar refractivity (Wildman–Crippen MR) is 97.2 cm³/mol. The number of nitrogens with one attached hydrogen (secondary N) is 1. The average molecular weight is 421 g/mol. The van der Waals surface area contributed by atoms with Crippen LogP contribution in [0.15, 0.2) is 18.2 Å². The molecule has 8 nitrogen and oxygen atoms in total. The lowest BCUT2D eigenvalue weighted by atomic mass is 10.1. The van der Waals surface area contributed by atoms with Crippen LogP contribution in [0.25, 0.3) is 0 Å². The number of carbonyl (C=O) groups is 3. The molecule has 2 bridgehead atoms. The van der Waals surface area contributed by atoms with Gasteiger partial charge in [-0.1, -0.05) is 0 Å². The van der Waals surface area contributed by atoms with Crippen molar-refractivity contribution < 1.29 is 27.6 Å². The predicted octanol–water partition coefficient (Wildman–Crippen LogP) is 2.29. The minimum absolute atomic E-state index is 0.107. The Morgan fingerprint density at radius 1 is 1.30 bits per heavy atom. The number of hydrogen-bond donors (Lipinski definition) is 1. The van der Waals surface area contributed by atoms with E-state index in [0.29, 0.717) is 17.4 Å². The fraction of sp³-hybridized carbons (Fsp3) is 0.474. The molecule has 0 aromatic heterocycles. The first kappa shape index (κ1) is 20.0. The van der Waals surface area contributed by atoms with Gasteiger partial charge in [0, 0.05) is 12.6 Å². The molecule has 0 radical (unpaired) electrons. The molecular formula is C19H18F3N5O3. The number of alkyl halides is 3. The van der Waals surface area contributed by atoms with Gasteiger partial charge >= 0.3 is 18.2 Å². The van der Waals surface area contributed by atoms with Crippen LogP contribution in [0.4, 0.5) is 28.4 Å². The van der Waals surface area contributed by atoms with Gasteiger partial charge < -0.3 is 15.1 Å². The van der Waals surface area contributed by atoms with E-state index in [4.69, 9.17) is 5.26 Å². The van der Waals surface area contributed by atoms with Gasteiger partial charge in [0.25, 0.3) is 5.91 Å². The number of fused-ring (bicyclic) bond motifs is 5. The molecule has 0 saturated carbocycles. The summed E-state index contributed by atoms with van der Waals surface area (Å²) in [4.78, 5) is 42.0. The number of piperazine rings is 1. The van der Waals surface area contributed by atoms with E-state index < -0.39 is 41.3 Å². The number of urea groups is 2. The summed E-state index contributed by atoms with van der Waals surface area (Å²) < 4.78 is 39.9. The van der Waals surface area contributed by atoms with Crippen molar-refractivity contribution in [2.45, 2.75) is 50.6 Å². The third kappa shape index (κ3) is 2.86. The summed E-state index contributed by atoms with van der Waals surface area (Å²) in [6, 6.07) is 1.21. The van der Waals surface area contributed by atoms with Crippen LogP contribution >= 0.6 is 0 Å². The number of hydrogen-bond acceptors (Lipinski definition) is 4. The lowest BCUT2D eigenvalue weighted by molar-refractivity contribution is -0.137. The molecule has 4 rings (SSSR count). The monoisotopic (exact) mass is 421 g/mol. The zero-order valence-electron chi connectivity index (χ0n) is 16.1. The Morgan fingerprint density at radius 2 is 2.00 bits per heavy atom. The fourth-order valence-corrected chi connectivity index (χ4v) is 4.46. The summed E-state index contributed by atoms with van der Waals surface area (Å²) in [5.74, 6) is -0.674. The van der Waals surface area contributed by atoms with Crippen molar-refractivity contribution in [2.75, 3.05) is 11.4 Å². The maximum Gasteiger partial charge on any atom is 0.417 e. The molecule has 158 valence electrons. The highest BCUT2D eigenvalue weighted by molar-refractivity contribution is 6.22. The van der Waals surface area contributed by atoms with Gasteiger partial charge in [-0.05, 0) is 38.5 Å². The zero-order chi connectivity index (χ0) is 22.0. The maximum atomic E-state index is 13.3. The van der Waals surface area contributed by atoms with E-state index in [1.54, 1.807) is 13.8 Å². The molecule has 3 saturated heterocycles. The van der Waals surface area contributed by atoms with Crippen LogP contribution in [0.3, 0.4) is 0 Å². The van der Waals surface area contributed by atoms with E-state index in [0.717, 1.165) is 12.1 Å². The van der Waals surface area contributed by atoms with Crippen LogP contribution in [-0.4, -0.2) is 58.5 Å². The molecule has 3 atom stereocenters. The van der Waals surface area contributed by atoms with Gasteiger partial charge in [0.05, 0.1) is 35.0 Å². The molecule has 11 heteroatoms. The highest BCUT2D eigenvalue weighted by atomic mass is 19.4. The van der Waals surface area contributed by atoms with Crippen LogP contribution in [0.5, 0.6) is 0 Å². The van der Waals surface area contributed by atoms with Gasteiger partial charge in [-0.3, -0.25) is 4.79 Å². The van der Waals surface area contributed by atoms with Crippen molar-refractivity contribution >= 4 is 23.7 Å². The number of anilines is 1. The van der Waals surface area contributed by atoms with Gasteiger partial charge in [0.15, 0.2) is 0 Å². The number of halogens is 3. The molecule has 5 amide bonds. The molecule has 0 spiro atoms. The Labute approximate surface area is 169 Å². The van der Waals surface area contributed by atoms with Crippen molar-refractivity contribution in [1.82, 2.24) is 15.1 Å². The van der Waals surface area contributed by atoms with Gasteiger partial charge in [-0.25, -0.2) is 14.5 Å². The second-order valence-corrected chi connectivity index (χ2v) is 7.86. The van der Waals surface area contributed by atoms with Crippen LogP contribution in [-0.2, 0) is 11.0 Å². The van der Waals surface area contributed by atoms with E-state index in [2.05, 4.69) is 5.32 Å². The normalized spacial score (nSPS) is 25.2. The molecule has 3 fully saturated rings. The number of nitriles is 1. The van der Waals surface area contributed by atoms with Crippen LogP contribution in [0, 0.1) is 11.3 Å². The Morgan fingerprint density at radius 3 is 2.60 bits per heavy atom. The summed E-state index contributed by atoms with van der Waals surface area (Å²) in [6.45, 7) is 3.86. The SMILES string of the molecule is CC(C)NC(=O)N1C[C@@H]2C[C@H]1C1C(=O)N(c3ccc(C#N)c(C(F)(F)F)c3)C(=O)N12. The first-order valence-corrected chi connectivity index (χ1v) is 9.39. The average Bonchev–Trinajstić information content (AvgIpc) is 3.31. The second-order valence-electron chi connectivity index (χ2n) is 7.86. The molecule has 1 aromatic carbocycles. The van der Waals surface area contributed by atoms with E-state index in [1.165, 1.54) is 15.9 Å². The first-order valence-electron chi connectivity index (χ1n) is 9.39. The second kappa shape index (κ2) is 6.62. The Balaban J connectivity index is 1.66. The summed E-state index contributed by atoms with van der Waals surface area (Å²) in [5.41, 5.74) is -2.05. The summed E-state index contributed by atoms with van der Waals surface area (Å²) in [7, 11) is 0. The third-order valence-corrected chi connectivity index (χ3v) is 5.62.